The Hall–Kier alpha value is -1.88. The van der Waals surface area contributed by atoms with E-state index in [1.165, 1.54) is 19.3 Å². The summed E-state index contributed by atoms with van der Waals surface area (Å²) in [7, 11) is 0. The summed E-state index contributed by atoms with van der Waals surface area (Å²) in [6.45, 7) is 0.419. The molecule has 1 unspecified atom stereocenters. The summed E-state index contributed by atoms with van der Waals surface area (Å²) in [6, 6.07) is 8.89. The van der Waals surface area contributed by atoms with Crippen LogP contribution in [-0.2, 0) is 14.3 Å². The number of rotatable bonds is 5. The van der Waals surface area contributed by atoms with Crippen LogP contribution in [0.4, 0.5) is 0 Å². The number of ether oxygens (including phenoxy) is 1. The lowest BCUT2D eigenvalue weighted by atomic mass is 9.95. The van der Waals surface area contributed by atoms with Crippen molar-refractivity contribution in [3.05, 3.63) is 35.9 Å². The maximum absolute atomic E-state index is 12.8. The van der Waals surface area contributed by atoms with Gasteiger partial charge >= 0.3 is 5.97 Å². The van der Waals surface area contributed by atoms with Gasteiger partial charge in [0.25, 0.3) is 0 Å². The second-order valence-corrected chi connectivity index (χ2v) is 6.36. The molecule has 1 aliphatic heterocycles. The maximum Gasteiger partial charge on any atom is 0.323 e. The molecule has 1 aliphatic carbocycles. The molecule has 1 saturated heterocycles. The fourth-order valence-electron chi connectivity index (χ4n) is 3.35. The number of benzene rings is 1. The highest BCUT2D eigenvalue weighted by Crippen LogP contribution is 2.21. The molecule has 0 radical (unpaired) electrons. The third-order valence-corrected chi connectivity index (χ3v) is 4.65. The van der Waals surface area contributed by atoms with Gasteiger partial charge in [-0.3, -0.25) is 14.9 Å². The van der Waals surface area contributed by atoms with Crippen molar-refractivity contribution in [3.8, 4) is 0 Å². The van der Waals surface area contributed by atoms with Gasteiger partial charge in [-0.15, -0.1) is 0 Å². The van der Waals surface area contributed by atoms with E-state index in [1.807, 2.05) is 30.3 Å². The fraction of sp³-hybridized carbons (Fsp3) is 0.556. The molecule has 1 aromatic carbocycles. The average molecular weight is 316 g/mol. The molecule has 23 heavy (non-hydrogen) atoms. The van der Waals surface area contributed by atoms with Crippen LogP contribution < -0.4 is 10.6 Å². The number of hydrogen-bond donors (Lipinski definition) is 2. The Bertz CT molecular complexity index is 540. The topological polar surface area (TPSA) is 67.4 Å². The second-order valence-electron chi connectivity index (χ2n) is 6.36. The van der Waals surface area contributed by atoms with Crippen molar-refractivity contribution in [2.45, 2.75) is 56.7 Å². The number of carbonyl (C=O) groups is 2. The molecule has 2 atom stereocenters. The monoisotopic (exact) mass is 316 g/mol. The standard InChI is InChI=1S/C18H24N2O3/c21-17(19-14-9-5-2-6-10-14)16(13-7-3-1-4-8-13)20-15-11-12-23-18(15)22/h1,3-4,7-8,14-16,20H,2,5-6,9-12H2,(H,19,21)/t15-,16?/m0/s1. The van der Waals surface area contributed by atoms with Crippen molar-refractivity contribution in [2.75, 3.05) is 6.61 Å². The molecule has 2 N–H and O–H groups in total. The van der Waals surface area contributed by atoms with E-state index >= 15 is 0 Å². The molecule has 1 amide bonds. The van der Waals surface area contributed by atoms with Crippen molar-refractivity contribution < 1.29 is 14.3 Å². The first-order valence-electron chi connectivity index (χ1n) is 8.52. The minimum atomic E-state index is -0.520. The summed E-state index contributed by atoms with van der Waals surface area (Å²) in [5.74, 6) is -0.320. The van der Waals surface area contributed by atoms with E-state index in [4.69, 9.17) is 4.74 Å². The molecule has 1 aromatic rings. The smallest absolute Gasteiger partial charge is 0.323 e. The molecule has 1 heterocycles. The zero-order valence-corrected chi connectivity index (χ0v) is 13.3. The van der Waals surface area contributed by atoms with E-state index in [0.717, 1.165) is 18.4 Å². The van der Waals surface area contributed by atoms with E-state index < -0.39 is 12.1 Å². The summed E-state index contributed by atoms with van der Waals surface area (Å²) < 4.78 is 5.00. The van der Waals surface area contributed by atoms with Crippen LogP contribution in [0.1, 0.15) is 50.1 Å². The third kappa shape index (κ3) is 4.10. The number of cyclic esters (lactones) is 1. The number of nitrogens with one attached hydrogen (secondary N) is 2. The van der Waals surface area contributed by atoms with E-state index in [9.17, 15) is 9.59 Å². The van der Waals surface area contributed by atoms with Crippen molar-refractivity contribution in [1.29, 1.82) is 0 Å². The Kier molecular flexibility index (Phi) is 5.28. The highest BCUT2D eigenvalue weighted by molar-refractivity contribution is 5.85. The predicted molar refractivity (Wildman–Crippen MR) is 86.7 cm³/mol. The molecule has 5 heteroatoms. The normalized spacial score (nSPS) is 23.3. The molecular formula is C18H24N2O3. The van der Waals surface area contributed by atoms with Crippen molar-refractivity contribution in [1.82, 2.24) is 10.6 Å². The number of carbonyl (C=O) groups excluding carboxylic acids is 2. The van der Waals surface area contributed by atoms with Crippen LogP contribution in [0.2, 0.25) is 0 Å². The predicted octanol–water partition coefficient (Wildman–Crippen LogP) is 2.08. The zero-order chi connectivity index (χ0) is 16.1. The lowest BCUT2D eigenvalue weighted by Crippen LogP contribution is -2.47. The molecule has 1 saturated carbocycles. The summed E-state index contributed by atoms with van der Waals surface area (Å²) >= 11 is 0. The van der Waals surface area contributed by atoms with Gasteiger partial charge in [-0.2, -0.15) is 0 Å². The van der Waals surface area contributed by atoms with Crippen LogP contribution in [0.3, 0.4) is 0 Å². The first kappa shape index (κ1) is 16.0. The van der Waals surface area contributed by atoms with Gasteiger partial charge in [0, 0.05) is 12.5 Å². The average Bonchev–Trinajstić information content (AvgIpc) is 2.99. The van der Waals surface area contributed by atoms with Gasteiger partial charge in [0.05, 0.1) is 6.61 Å². The van der Waals surface area contributed by atoms with E-state index in [0.29, 0.717) is 13.0 Å². The van der Waals surface area contributed by atoms with E-state index in [1.54, 1.807) is 0 Å². The van der Waals surface area contributed by atoms with Crippen molar-refractivity contribution in [3.63, 3.8) is 0 Å². The molecule has 124 valence electrons. The third-order valence-electron chi connectivity index (χ3n) is 4.65. The quantitative estimate of drug-likeness (QED) is 0.816. The Labute approximate surface area is 136 Å². The number of hydrogen-bond acceptors (Lipinski definition) is 4. The van der Waals surface area contributed by atoms with Gasteiger partial charge in [0.1, 0.15) is 12.1 Å². The van der Waals surface area contributed by atoms with Crippen LogP contribution in [0, 0.1) is 0 Å². The maximum atomic E-state index is 12.8. The molecule has 0 spiro atoms. The van der Waals surface area contributed by atoms with Crippen molar-refractivity contribution in [2.24, 2.45) is 0 Å². The fourth-order valence-corrected chi connectivity index (χ4v) is 3.35. The number of amides is 1. The SMILES string of the molecule is O=C(NC1CCCCC1)C(N[C@H]1CCOC1=O)c1ccccc1. The van der Waals surface area contributed by atoms with Crippen LogP contribution >= 0.6 is 0 Å². The molecule has 5 nitrogen and oxygen atoms in total. The molecule has 3 rings (SSSR count). The van der Waals surface area contributed by atoms with Gasteiger partial charge in [-0.05, 0) is 18.4 Å². The summed E-state index contributed by atoms with van der Waals surface area (Å²) in [4.78, 5) is 24.5. The highest BCUT2D eigenvalue weighted by atomic mass is 16.5. The Morgan fingerprint density at radius 1 is 1.09 bits per heavy atom. The van der Waals surface area contributed by atoms with Crippen LogP contribution in [0.15, 0.2) is 30.3 Å². The number of esters is 1. The van der Waals surface area contributed by atoms with Crippen molar-refractivity contribution >= 4 is 11.9 Å². The first-order chi connectivity index (χ1) is 11.2. The van der Waals surface area contributed by atoms with Gasteiger partial charge in [-0.1, -0.05) is 49.6 Å². The molecule has 2 fully saturated rings. The molecular weight excluding hydrogens is 292 g/mol. The Balaban J connectivity index is 1.71. The van der Waals surface area contributed by atoms with Crippen LogP contribution in [0.25, 0.3) is 0 Å². The summed E-state index contributed by atoms with van der Waals surface area (Å²) in [5, 5.41) is 6.34. The molecule has 0 aromatic heterocycles. The first-order valence-corrected chi connectivity index (χ1v) is 8.52. The van der Waals surface area contributed by atoms with Crippen LogP contribution in [0.5, 0.6) is 0 Å². The Morgan fingerprint density at radius 2 is 1.83 bits per heavy atom. The van der Waals surface area contributed by atoms with Gasteiger partial charge in [-0.25, -0.2) is 0 Å². The lowest BCUT2D eigenvalue weighted by Gasteiger charge is -2.27. The summed E-state index contributed by atoms with van der Waals surface area (Å²) in [5.41, 5.74) is 0.875. The largest absolute Gasteiger partial charge is 0.464 e. The van der Waals surface area contributed by atoms with Gasteiger partial charge < -0.3 is 10.1 Å². The van der Waals surface area contributed by atoms with E-state index in [-0.39, 0.29) is 17.9 Å². The highest BCUT2D eigenvalue weighted by Gasteiger charge is 2.32. The van der Waals surface area contributed by atoms with E-state index in [2.05, 4.69) is 10.6 Å². The zero-order valence-electron chi connectivity index (χ0n) is 13.3. The molecule has 2 aliphatic rings. The Morgan fingerprint density at radius 3 is 2.48 bits per heavy atom. The van der Waals surface area contributed by atoms with Crippen LogP contribution in [-0.4, -0.2) is 30.6 Å². The minimum absolute atomic E-state index is 0.0530. The second kappa shape index (κ2) is 7.59. The molecule has 0 bridgehead atoms. The summed E-state index contributed by atoms with van der Waals surface area (Å²) in [6.07, 6.45) is 6.28. The van der Waals surface area contributed by atoms with Gasteiger partial charge in [0.15, 0.2) is 0 Å². The van der Waals surface area contributed by atoms with Gasteiger partial charge in [0.2, 0.25) is 5.91 Å². The minimum Gasteiger partial charge on any atom is -0.464 e. The lowest BCUT2D eigenvalue weighted by molar-refractivity contribution is -0.140.